The van der Waals surface area contributed by atoms with Crippen LogP contribution in [0, 0.1) is 0 Å². The Hall–Kier alpha value is -8.40. The molecular weight excluding hydrogens is 793 g/mol. The molecule has 0 aliphatic heterocycles. The number of aromatic nitrogens is 6. The minimum absolute atomic E-state index is 0.737. The molecule has 0 bridgehead atoms. The van der Waals surface area contributed by atoms with Gasteiger partial charge in [0.1, 0.15) is 22.1 Å². The lowest BCUT2D eigenvalue weighted by atomic mass is 9.94. The highest BCUT2D eigenvalue weighted by Gasteiger charge is 2.25. The largest absolute Gasteiger partial charge is 0.311 e. The van der Waals surface area contributed by atoms with E-state index in [1.54, 1.807) is 12.4 Å². The number of para-hydroxylation sites is 4. The van der Waals surface area contributed by atoms with E-state index in [-0.39, 0.29) is 0 Å². The maximum absolute atomic E-state index is 5.61. The first-order valence-corrected chi connectivity index (χ1v) is 21.4. The Labute approximate surface area is 366 Å². The van der Waals surface area contributed by atoms with Crippen LogP contribution in [0.4, 0.5) is 34.1 Å². The second-order valence-corrected chi connectivity index (χ2v) is 15.8. The molecule has 0 spiro atoms. The van der Waals surface area contributed by atoms with Gasteiger partial charge in [-0.1, -0.05) is 97.1 Å². The summed E-state index contributed by atoms with van der Waals surface area (Å²) in [5.41, 5.74) is 16.1. The Balaban J connectivity index is 1.10. The summed E-state index contributed by atoms with van der Waals surface area (Å²) in [7, 11) is 0. The third-order valence-corrected chi connectivity index (χ3v) is 12.1. The molecule has 296 valence electrons. The van der Waals surface area contributed by atoms with Crippen LogP contribution in [0.1, 0.15) is 0 Å². The molecule has 0 radical (unpaired) electrons. The van der Waals surface area contributed by atoms with Crippen molar-refractivity contribution in [1.82, 2.24) is 28.7 Å². The lowest BCUT2D eigenvalue weighted by Crippen LogP contribution is -2.09. The summed E-state index contributed by atoms with van der Waals surface area (Å²) in [4.78, 5) is 25.4. The van der Waals surface area contributed by atoms with Gasteiger partial charge in [-0.15, -0.1) is 0 Å². The molecule has 63 heavy (non-hydrogen) atoms. The van der Waals surface area contributed by atoms with Crippen LogP contribution < -0.4 is 9.80 Å². The number of hydrogen-bond donors (Lipinski definition) is 0. The SMILES string of the molecule is c1ccc(N(c2ccccc2)c2ccc(-c3c4nsnc4c(-c4ccc(N(c5ccccc5)c5ccccc5)cc4)c4nc5c6cccnc6c6ncccc6c5nc34)cc2)cc1. The van der Waals surface area contributed by atoms with E-state index in [4.69, 9.17) is 28.7 Å². The number of benzene rings is 8. The van der Waals surface area contributed by atoms with Gasteiger partial charge < -0.3 is 9.80 Å². The fourth-order valence-corrected chi connectivity index (χ4v) is 9.33. The summed E-state index contributed by atoms with van der Waals surface area (Å²) in [5.74, 6) is 0. The fourth-order valence-electron chi connectivity index (χ4n) is 8.77. The van der Waals surface area contributed by atoms with E-state index in [0.29, 0.717) is 0 Å². The van der Waals surface area contributed by atoms with E-state index in [9.17, 15) is 0 Å². The zero-order valence-electron chi connectivity index (χ0n) is 33.6. The van der Waals surface area contributed by atoms with E-state index < -0.39 is 0 Å². The first kappa shape index (κ1) is 36.5. The number of fused-ring (bicyclic) bond motifs is 8. The highest BCUT2D eigenvalue weighted by atomic mass is 32.1. The van der Waals surface area contributed by atoms with Crippen molar-refractivity contribution in [2.24, 2.45) is 0 Å². The van der Waals surface area contributed by atoms with E-state index >= 15 is 0 Å². The molecule has 8 aromatic carbocycles. The summed E-state index contributed by atoms with van der Waals surface area (Å²) < 4.78 is 10.0. The molecule has 8 nitrogen and oxygen atoms in total. The standard InChI is InChI=1S/C54H34N8S/c1-5-15-37(16-6-1)61(38-17-7-2-8-18-38)41-29-25-35(26-30-41)45-51-52(58-50-44-24-14-34-56-48(44)47-43(49(50)57-51)23-13-33-55-47)46(54-53(45)59-63-60-54)36-27-31-42(32-28-36)62(39-19-9-3-10-20-39)40-21-11-4-12-22-40/h1-34H. The van der Waals surface area contributed by atoms with Crippen molar-refractivity contribution >= 4 is 101 Å². The van der Waals surface area contributed by atoms with Gasteiger partial charge in [0.2, 0.25) is 0 Å². The Morgan fingerprint density at radius 2 is 0.619 bits per heavy atom. The van der Waals surface area contributed by atoms with Crippen LogP contribution in [0.3, 0.4) is 0 Å². The first-order chi connectivity index (χ1) is 31.3. The molecule has 0 atom stereocenters. The van der Waals surface area contributed by atoms with Crippen LogP contribution >= 0.6 is 11.7 Å². The van der Waals surface area contributed by atoms with Crippen LogP contribution in [0.15, 0.2) is 207 Å². The van der Waals surface area contributed by atoms with Crippen molar-refractivity contribution < 1.29 is 0 Å². The van der Waals surface area contributed by atoms with Gasteiger partial charge in [0.25, 0.3) is 0 Å². The summed E-state index contributed by atoms with van der Waals surface area (Å²) in [5, 5.41) is 1.78. The molecular formula is C54H34N8S. The van der Waals surface area contributed by atoms with Gasteiger partial charge in [-0.3, -0.25) is 9.97 Å². The molecule has 0 saturated carbocycles. The van der Waals surface area contributed by atoms with Gasteiger partial charge >= 0.3 is 0 Å². The van der Waals surface area contributed by atoms with Crippen LogP contribution in [0.25, 0.3) is 77.2 Å². The predicted molar refractivity (Wildman–Crippen MR) is 259 cm³/mol. The second-order valence-electron chi connectivity index (χ2n) is 15.2. The molecule has 12 aromatic rings. The smallest absolute Gasteiger partial charge is 0.115 e. The number of hydrogen-bond acceptors (Lipinski definition) is 9. The van der Waals surface area contributed by atoms with Crippen molar-refractivity contribution in [3.05, 3.63) is 207 Å². The third-order valence-electron chi connectivity index (χ3n) is 11.6. The lowest BCUT2D eigenvalue weighted by Gasteiger charge is -2.25. The van der Waals surface area contributed by atoms with Crippen molar-refractivity contribution in [2.45, 2.75) is 0 Å². The molecule has 0 aliphatic carbocycles. The number of rotatable bonds is 8. The van der Waals surface area contributed by atoms with Crippen LogP contribution in [0.2, 0.25) is 0 Å². The second kappa shape index (κ2) is 15.3. The Bertz CT molecular complexity index is 3290. The van der Waals surface area contributed by atoms with Crippen molar-refractivity contribution in [2.75, 3.05) is 9.80 Å². The zero-order chi connectivity index (χ0) is 41.7. The number of pyridine rings is 2. The molecule has 0 saturated heterocycles. The molecule has 0 fully saturated rings. The average molecular weight is 827 g/mol. The van der Waals surface area contributed by atoms with Gasteiger partial charge in [0.05, 0.1) is 33.8 Å². The molecule has 0 amide bonds. The zero-order valence-corrected chi connectivity index (χ0v) is 34.4. The fraction of sp³-hybridized carbons (Fsp3) is 0. The van der Waals surface area contributed by atoms with Gasteiger partial charge in [-0.2, -0.15) is 8.75 Å². The van der Waals surface area contributed by atoms with Crippen molar-refractivity contribution in [1.29, 1.82) is 0 Å². The molecule has 4 aromatic heterocycles. The molecule has 0 N–H and O–H groups in total. The molecule has 0 aliphatic rings. The molecule has 0 unspecified atom stereocenters. The van der Waals surface area contributed by atoms with Gasteiger partial charge in [0, 0.05) is 68.4 Å². The number of anilines is 6. The number of nitrogens with zero attached hydrogens (tertiary/aromatic N) is 8. The first-order valence-electron chi connectivity index (χ1n) is 20.7. The maximum Gasteiger partial charge on any atom is 0.115 e. The van der Waals surface area contributed by atoms with Gasteiger partial charge in [0.15, 0.2) is 0 Å². The summed E-state index contributed by atoms with van der Waals surface area (Å²) in [6.45, 7) is 0. The minimum Gasteiger partial charge on any atom is -0.311 e. The normalized spacial score (nSPS) is 11.5. The average Bonchev–Trinajstić information content (AvgIpc) is 3.84. The topological polar surface area (TPSA) is 83.8 Å². The predicted octanol–water partition coefficient (Wildman–Crippen LogP) is 14.2. The maximum atomic E-state index is 5.61. The third kappa shape index (κ3) is 6.21. The molecule has 9 heteroatoms. The van der Waals surface area contributed by atoms with E-state index in [2.05, 4.69) is 168 Å². The van der Waals surface area contributed by atoms with Crippen molar-refractivity contribution in [3.63, 3.8) is 0 Å². The minimum atomic E-state index is 0.737. The summed E-state index contributed by atoms with van der Waals surface area (Å²) in [6.07, 6.45) is 3.61. The molecule has 12 rings (SSSR count). The van der Waals surface area contributed by atoms with Gasteiger partial charge in [-0.05, 0) is 108 Å². The van der Waals surface area contributed by atoms with Crippen LogP contribution in [-0.2, 0) is 0 Å². The quantitative estimate of drug-likeness (QED) is 0.111. The molecule has 4 heterocycles. The monoisotopic (exact) mass is 826 g/mol. The Kier molecular flexibility index (Phi) is 8.83. The van der Waals surface area contributed by atoms with Crippen molar-refractivity contribution in [3.8, 4) is 22.3 Å². The van der Waals surface area contributed by atoms with Crippen LogP contribution in [-0.4, -0.2) is 28.7 Å². The summed E-state index contributed by atoms with van der Waals surface area (Å²) >= 11 is 1.20. The van der Waals surface area contributed by atoms with Crippen LogP contribution in [0.5, 0.6) is 0 Å². The van der Waals surface area contributed by atoms with E-state index in [0.717, 1.165) is 111 Å². The summed E-state index contributed by atoms with van der Waals surface area (Å²) in [6, 6.07) is 67.0. The van der Waals surface area contributed by atoms with Gasteiger partial charge in [-0.25, -0.2) is 9.97 Å². The lowest BCUT2D eigenvalue weighted by molar-refractivity contribution is 1.28. The Morgan fingerprint density at radius 1 is 0.286 bits per heavy atom. The highest BCUT2D eigenvalue weighted by molar-refractivity contribution is 7.00. The van der Waals surface area contributed by atoms with E-state index in [1.807, 2.05) is 36.4 Å². The van der Waals surface area contributed by atoms with E-state index in [1.165, 1.54) is 11.7 Å². The highest BCUT2D eigenvalue weighted by Crippen LogP contribution is 2.45. The Morgan fingerprint density at radius 3 is 0.968 bits per heavy atom.